The predicted octanol–water partition coefficient (Wildman–Crippen LogP) is 3.16. The lowest BCUT2D eigenvalue weighted by molar-refractivity contribution is -0.385. The summed E-state index contributed by atoms with van der Waals surface area (Å²) in [5, 5.41) is 13.2. The smallest absolute Gasteiger partial charge is 0.387 e. The number of nitro groups is 1. The van der Waals surface area contributed by atoms with E-state index in [1.54, 1.807) is 0 Å². The van der Waals surface area contributed by atoms with E-state index in [1.807, 2.05) is 0 Å². The maximum Gasteiger partial charge on any atom is 0.387 e. The zero-order chi connectivity index (χ0) is 18.6. The first-order valence-electron chi connectivity index (χ1n) is 6.87. The molecule has 1 amide bonds. The minimum absolute atomic E-state index is 0.0126. The van der Waals surface area contributed by atoms with Crippen molar-refractivity contribution in [1.82, 2.24) is 4.98 Å². The molecule has 1 aromatic heterocycles. The fourth-order valence-electron chi connectivity index (χ4n) is 1.99. The van der Waals surface area contributed by atoms with Gasteiger partial charge in [0.1, 0.15) is 6.20 Å². The summed E-state index contributed by atoms with van der Waals surface area (Å²) in [4.78, 5) is 26.2. The molecule has 0 saturated carbocycles. The quantitative estimate of drug-likeness (QED) is 0.632. The van der Waals surface area contributed by atoms with Gasteiger partial charge in [0.25, 0.3) is 11.6 Å². The molecule has 1 N–H and O–H groups in total. The molecule has 0 aliphatic heterocycles. The molecule has 0 bridgehead atoms. The maximum atomic E-state index is 12.4. The van der Waals surface area contributed by atoms with Crippen LogP contribution in [0.25, 0.3) is 0 Å². The molecule has 0 aliphatic carbocycles. The summed E-state index contributed by atoms with van der Waals surface area (Å²) in [5.74, 6) is -0.877. The van der Waals surface area contributed by atoms with E-state index in [1.165, 1.54) is 26.2 Å². The Bertz CT molecular complexity index is 814. The molecule has 1 aromatic carbocycles. The van der Waals surface area contributed by atoms with Crippen molar-refractivity contribution in [2.24, 2.45) is 0 Å². The number of hydrogen-bond acceptors (Lipinski definition) is 6. The first kappa shape index (κ1) is 18.0. The average Bonchev–Trinajstić information content (AvgIpc) is 2.54. The van der Waals surface area contributed by atoms with Gasteiger partial charge in [-0.05, 0) is 19.1 Å². The number of carbonyl (C=O) groups excluding carboxylic acids is 1. The second kappa shape index (κ2) is 7.51. The average molecular weight is 353 g/mol. The lowest BCUT2D eigenvalue weighted by atomic mass is 10.1. The fourth-order valence-corrected chi connectivity index (χ4v) is 1.99. The number of benzene rings is 1. The molecular formula is C15H13F2N3O5. The van der Waals surface area contributed by atoms with Crippen LogP contribution in [0.15, 0.2) is 30.5 Å². The van der Waals surface area contributed by atoms with Crippen LogP contribution in [0.5, 0.6) is 11.5 Å². The largest absolute Gasteiger partial charge is 0.493 e. The van der Waals surface area contributed by atoms with E-state index < -0.39 is 17.4 Å². The van der Waals surface area contributed by atoms with Gasteiger partial charge in [-0.25, -0.2) is 0 Å². The van der Waals surface area contributed by atoms with Crippen molar-refractivity contribution in [2.45, 2.75) is 13.5 Å². The first-order valence-corrected chi connectivity index (χ1v) is 6.87. The van der Waals surface area contributed by atoms with E-state index in [0.717, 1.165) is 18.3 Å². The highest BCUT2D eigenvalue weighted by Gasteiger charge is 2.17. The van der Waals surface area contributed by atoms with Crippen molar-refractivity contribution < 1.29 is 28.0 Å². The van der Waals surface area contributed by atoms with Crippen molar-refractivity contribution in [3.8, 4) is 11.5 Å². The molecule has 25 heavy (non-hydrogen) atoms. The number of amides is 1. The van der Waals surface area contributed by atoms with Crippen LogP contribution in [0, 0.1) is 17.0 Å². The van der Waals surface area contributed by atoms with E-state index in [4.69, 9.17) is 4.74 Å². The Balaban J connectivity index is 2.29. The molecule has 0 spiro atoms. The highest BCUT2D eigenvalue weighted by atomic mass is 19.3. The molecule has 0 unspecified atom stereocenters. The van der Waals surface area contributed by atoms with Crippen LogP contribution in [0.1, 0.15) is 16.1 Å². The summed E-state index contributed by atoms with van der Waals surface area (Å²) in [6, 6.07) is 4.99. The van der Waals surface area contributed by atoms with Crippen LogP contribution < -0.4 is 14.8 Å². The molecule has 8 nitrogen and oxygen atoms in total. The molecule has 0 aliphatic rings. The molecule has 0 saturated heterocycles. The van der Waals surface area contributed by atoms with Gasteiger partial charge in [0.05, 0.1) is 23.3 Å². The van der Waals surface area contributed by atoms with Crippen molar-refractivity contribution in [2.75, 3.05) is 12.4 Å². The summed E-state index contributed by atoms with van der Waals surface area (Å²) < 4.78 is 34.1. The number of ether oxygens (including phenoxy) is 2. The number of alkyl halides is 2. The minimum atomic E-state index is -3.07. The molecule has 10 heteroatoms. The zero-order valence-corrected chi connectivity index (χ0v) is 13.2. The maximum absolute atomic E-state index is 12.4. The summed E-state index contributed by atoms with van der Waals surface area (Å²) >= 11 is 0. The Morgan fingerprint density at radius 3 is 2.64 bits per heavy atom. The molecule has 0 atom stereocenters. The van der Waals surface area contributed by atoms with Crippen LogP contribution in [0.3, 0.4) is 0 Å². The number of pyridine rings is 1. The Kier molecular flexibility index (Phi) is 5.42. The van der Waals surface area contributed by atoms with Crippen LogP contribution >= 0.6 is 0 Å². The van der Waals surface area contributed by atoms with Crippen molar-refractivity contribution in [3.63, 3.8) is 0 Å². The van der Waals surface area contributed by atoms with Gasteiger partial charge in [0.15, 0.2) is 11.5 Å². The Hall–Kier alpha value is -3.30. The van der Waals surface area contributed by atoms with Crippen LogP contribution in [-0.4, -0.2) is 29.5 Å². The number of aromatic nitrogens is 1. The Labute approximate surface area is 140 Å². The van der Waals surface area contributed by atoms with Gasteiger partial charge in [0, 0.05) is 17.8 Å². The first-order chi connectivity index (χ1) is 11.8. The number of hydrogen-bond donors (Lipinski definition) is 1. The monoisotopic (exact) mass is 353 g/mol. The van der Waals surface area contributed by atoms with Gasteiger partial charge < -0.3 is 14.8 Å². The second-order valence-corrected chi connectivity index (χ2v) is 4.78. The van der Waals surface area contributed by atoms with Crippen molar-refractivity contribution in [3.05, 3.63) is 51.8 Å². The molecule has 1 heterocycles. The van der Waals surface area contributed by atoms with Gasteiger partial charge in [-0.15, -0.1) is 0 Å². The van der Waals surface area contributed by atoms with E-state index in [9.17, 15) is 23.7 Å². The van der Waals surface area contributed by atoms with Gasteiger partial charge >= 0.3 is 6.61 Å². The van der Waals surface area contributed by atoms with E-state index in [2.05, 4.69) is 15.0 Å². The Morgan fingerprint density at radius 1 is 1.32 bits per heavy atom. The standard InChI is InChI=1S/C15H13F2N3O5/c1-8-11(6-10(7-18-8)20(22)23)14(21)19-9-3-4-12(24-2)13(5-9)25-15(16)17/h3-7,15H,1-2H3,(H,19,21). The molecule has 132 valence electrons. The van der Waals surface area contributed by atoms with Gasteiger partial charge in [-0.1, -0.05) is 0 Å². The summed E-state index contributed by atoms with van der Waals surface area (Å²) in [7, 11) is 1.28. The highest BCUT2D eigenvalue weighted by Crippen LogP contribution is 2.31. The minimum Gasteiger partial charge on any atom is -0.493 e. The lowest BCUT2D eigenvalue weighted by Crippen LogP contribution is -2.15. The number of aryl methyl sites for hydroxylation is 1. The third-order valence-corrected chi connectivity index (χ3v) is 3.17. The van der Waals surface area contributed by atoms with Crippen molar-refractivity contribution in [1.29, 1.82) is 0 Å². The summed E-state index contributed by atoms with van der Waals surface area (Å²) in [6.45, 7) is -1.55. The summed E-state index contributed by atoms with van der Waals surface area (Å²) in [5.41, 5.74) is 0.0709. The third-order valence-electron chi connectivity index (χ3n) is 3.17. The van der Waals surface area contributed by atoms with Gasteiger partial charge in [-0.3, -0.25) is 19.9 Å². The lowest BCUT2D eigenvalue weighted by Gasteiger charge is -2.12. The van der Waals surface area contributed by atoms with E-state index >= 15 is 0 Å². The second-order valence-electron chi connectivity index (χ2n) is 4.78. The zero-order valence-electron chi connectivity index (χ0n) is 13.2. The number of halogens is 2. The Morgan fingerprint density at radius 2 is 2.04 bits per heavy atom. The number of anilines is 1. The number of methoxy groups -OCH3 is 1. The van der Waals surface area contributed by atoms with Crippen molar-refractivity contribution >= 4 is 17.3 Å². The van der Waals surface area contributed by atoms with Gasteiger partial charge in [-0.2, -0.15) is 8.78 Å². The number of nitrogens with zero attached hydrogens (tertiary/aromatic N) is 2. The van der Waals surface area contributed by atoms with Crippen LogP contribution in [-0.2, 0) is 0 Å². The third kappa shape index (κ3) is 4.37. The topological polar surface area (TPSA) is 104 Å². The molecule has 0 radical (unpaired) electrons. The van der Waals surface area contributed by atoms with Crippen LogP contribution in [0.4, 0.5) is 20.2 Å². The SMILES string of the molecule is COc1ccc(NC(=O)c2cc([N+](=O)[O-])cnc2C)cc1OC(F)F. The van der Waals surface area contributed by atoms with E-state index in [-0.39, 0.29) is 34.1 Å². The number of rotatable bonds is 6. The molecule has 0 fully saturated rings. The predicted molar refractivity (Wildman–Crippen MR) is 83.2 cm³/mol. The normalized spacial score (nSPS) is 10.4. The number of carbonyl (C=O) groups is 1. The van der Waals surface area contributed by atoms with E-state index in [0.29, 0.717) is 0 Å². The summed E-state index contributed by atoms with van der Waals surface area (Å²) in [6.07, 6.45) is 1.04. The fraction of sp³-hybridized carbons (Fsp3) is 0.200. The molecule has 2 rings (SSSR count). The molecular weight excluding hydrogens is 340 g/mol. The highest BCUT2D eigenvalue weighted by molar-refractivity contribution is 6.05. The van der Waals surface area contributed by atoms with Crippen LogP contribution in [0.2, 0.25) is 0 Å². The number of nitrogens with one attached hydrogen (secondary N) is 1. The molecule has 2 aromatic rings. The van der Waals surface area contributed by atoms with Gasteiger partial charge in [0.2, 0.25) is 0 Å².